The predicted molar refractivity (Wildman–Crippen MR) is 100 cm³/mol. The van der Waals surface area contributed by atoms with Gasteiger partial charge < -0.3 is 10.1 Å². The molecule has 2 aromatic carbocycles. The molecule has 1 amide bonds. The number of hydrogen-bond donors (Lipinski definition) is 2. The summed E-state index contributed by atoms with van der Waals surface area (Å²) in [6, 6.07) is 7.70. The minimum atomic E-state index is -4.14. The smallest absolute Gasteiger partial charge is 0.343 e. The van der Waals surface area contributed by atoms with Crippen molar-refractivity contribution in [3.05, 3.63) is 66.0 Å². The first-order chi connectivity index (χ1) is 13.3. The second kappa shape index (κ2) is 7.91. The summed E-state index contributed by atoms with van der Waals surface area (Å²) in [5.41, 5.74) is 1.35. The summed E-state index contributed by atoms with van der Waals surface area (Å²) in [5, 5.41) is 2.72. The number of esters is 1. The van der Waals surface area contributed by atoms with Crippen molar-refractivity contribution in [1.82, 2.24) is 4.72 Å². The van der Waals surface area contributed by atoms with E-state index in [0.717, 1.165) is 23.8 Å². The molecule has 0 bridgehead atoms. The van der Waals surface area contributed by atoms with E-state index in [-0.39, 0.29) is 23.8 Å². The third-order valence-corrected chi connectivity index (χ3v) is 5.50. The van der Waals surface area contributed by atoms with Gasteiger partial charge in [-0.1, -0.05) is 6.08 Å². The Balaban J connectivity index is 1.83. The number of fused-ring (bicyclic) bond motifs is 1. The van der Waals surface area contributed by atoms with Gasteiger partial charge >= 0.3 is 5.97 Å². The third-order valence-electron chi connectivity index (χ3n) is 4.06. The first-order valence-electron chi connectivity index (χ1n) is 8.35. The molecule has 146 valence electrons. The normalized spacial score (nSPS) is 13.4. The molecular weight excluding hydrogens is 387 g/mol. The van der Waals surface area contributed by atoms with Crippen molar-refractivity contribution in [1.29, 1.82) is 0 Å². The Morgan fingerprint density at radius 2 is 2.04 bits per heavy atom. The van der Waals surface area contributed by atoms with Gasteiger partial charge in [-0.3, -0.25) is 4.79 Å². The number of carbonyl (C=O) groups excluding carboxylic acids is 2. The summed E-state index contributed by atoms with van der Waals surface area (Å²) in [7, 11) is -4.14. The van der Waals surface area contributed by atoms with Crippen LogP contribution in [0.25, 0.3) is 0 Å². The molecule has 1 aliphatic rings. The largest absolute Gasteiger partial charge is 0.423 e. The van der Waals surface area contributed by atoms with Crippen LogP contribution in [0.4, 0.5) is 10.1 Å². The van der Waals surface area contributed by atoms with Gasteiger partial charge in [-0.25, -0.2) is 22.3 Å². The Bertz CT molecular complexity index is 1070. The zero-order valence-electron chi connectivity index (χ0n) is 14.7. The first-order valence-corrected chi connectivity index (χ1v) is 9.83. The van der Waals surface area contributed by atoms with Crippen LogP contribution in [0.15, 0.2) is 53.9 Å². The minimum absolute atomic E-state index is 0.0811. The number of carbonyl (C=O) groups is 2. The zero-order chi connectivity index (χ0) is 20.3. The van der Waals surface area contributed by atoms with E-state index in [1.165, 1.54) is 12.1 Å². The SMILES string of the molecule is C=CCNS(=O)(=O)c1cc(C(=O)Oc2ccc3c(c2)CCC(=O)N3)ccc1F. The van der Waals surface area contributed by atoms with Crippen molar-refractivity contribution < 1.29 is 27.1 Å². The van der Waals surface area contributed by atoms with Crippen LogP contribution in [0.3, 0.4) is 0 Å². The third kappa shape index (κ3) is 4.26. The van der Waals surface area contributed by atoms with Gasteiger partial charge in [0.2, 0.25) is 15.9 Å². The summed E-state index contributed by atoms with van der Waals surface area (Å²) in [6.45, 7) is 3.31. The fourth-order valence-electron chi connectivity index (χ4n) is 2.67. The molecule has 0 spiro atoms. The Hall–Kier alpha value is -3.04. The highest BCUT2D eigenvalue weighted by atomic mass is 32.2. The van der Waals surface area contributed by atoms with E-state index in [0.29, 0.717) is 18.5 Å². The number of hydrogen-bond acceptors (Lipinski definition) is 5. The number of anilines is 1. The number of ether oxygens (including phenoxy) is 1. The van der Waals surface area contributed by atoms with Crippen molar-refractivity contribution in [2.75, 3.05) is 11.9 Å². The summed E-state index contributed by atoms with van der Waals surface area (Å²) < 4.78 is 45.7. The fourth-order valence-corrected chi connectivity index (χ4v) is 3.77. The molecule has 0 aliphatic carbocycles. The second-order valence-electron chi connectivity index (χ2n) is 6.04. The van der Waals surface area contributed by atoms with Gasteiger partial charge in [0.05, 0.1) is 5.56 Å². The predicted octanol–water partition coefficient (Wildman–Crippen LogP) is 2.39. The van der Waals surface area contributed by atoms with Crippen LogP contribution in [0.5, 0.6) is 5.75 Å². The number of halogens is 1. The lowest BCUT2D eigenvalue weighted by atomic mass is 10.0. The Morgan fingerprint density at radius 3 is 2.79 bits per heavy atom. The average molecular weight is 404 g/mol. The van der Waals surface area contributed by atoms with Gasteiger partial charge in [-0.05, 0) is 48.4 Å². The van der Waals surface area contributed by atoms with E-state index in [4.69, 9.17) is 4.74 Å². The lowest BCUT2D eigenvalue weighted by molar-refractivity contribution is -0.116. The topological polar surface area (TPSA) is 102 Å². The van der Waals surface area contributed by atoms with Crippen molar-refractivity contribution in [3.8, 4) is 5.75 Å². The van der Waals surface area contributed by atoms with E-state index >= 15 is 0 Å². The highest BCUT2D eigenvalue weighted by Crippen LogP contribution is 2.27. The van der Waals surface area contributed by atoms with E-state index < -0.39 is 26.7 Å². The van der Waals surface area contributed by atoms with Crippen LogP contribution in [0, 0.1) is 5.82 Å². The molecule has 0 atom stereocenters. The standard InChI is InChI=1S/C19H17FN2O5S/c1-2-9-21-28(25,26)17-11-13(3-6-15(17)20)19(24)27-14-5-7-16-12(10-14)4-8-18(23)22-16/h2-3,5-7,10-11,21H,1,4,8-9H2,(H,22,23). The van der Waals surface area contributed by atoms with Crippen LogP contribution in [0.1, 0.15) is 22.3 Å². The number of amides is 1. The maximum Gasteiger partial charge on any atom is 0.343 e. The molecule has 28 heavy (non-hydrogen) atoms. The molecule has 9 heteroatoms. The van der Waals surface area contributed by atoms with Crippen LogP contribution in [0.2, 0.25) is 0 Å². The molecule has 0 saturated carbocycles. The van der Waals surface area contributed by atoms with Crippen molar-refractivity contribution in [2.24, 2.45) is 0 Å². The molecule has 0 aromatic heterocycles. The molecule has 0 saturated heterocycles. The highest BCUT2D eigenvalue weighted by Gasteiger charge is 2.22. The highest BCUT2D eigenvalue weighted by molar-refractivity contribution is 7.89. The Morgan fingerprint density at radius 1 is 1.25 bits per heavy atom. The van der Waals surface area contributed by atoms with Crippen molar-refractivity contribution in [3.63, 3.8) is 0 Å². The van der Waals surface area contributed by atoms with Gasteiger partial charge in [0.15, 0.2) is 0 Å². The quantitative estimate of drug-likeness (QED) is 0.437. The fraction of sp³-hybridized carbons (Fsp3) is 0.158. The molecule has 3 rings (SSSR count). The average Bonchev–Trinajstić information content (AvgIpc) is 2.66. The molecular formula is C19H17FN2O5S. The van der Waals surface area contributed by atoms with Crippen LogP contribution in [-0.2, 0) is 21.2 Å². The number of sulfonamides is 1. The Labute approximate surface area is 161 Å². The summed E-state index contributed by atoms with van der Waals surface area (Å²) in [6.07, 6.45) is 2.16. The molecule has 7 nitrogen and oxygen atoms in total. The summed E-state index contributed by atoms with van der Waals surface area (Å²) in [5.74, 6) is -1.67. The number of nitrogens with one attached hydrogen (secondary N) is 2. The minimum Gasteiger partial charge on any atom is -0.423 e. The molecule has 2 N–H and O–H groups in total. The summed E-state index contributed by atoms with van der Waals surface area (Å²) in [4.78, 5) is 23.1. The zero-order valence-corrected chi connectivity index (χ0v) is 15.5. The lowest BCUT2D eigenvalue weighted by Gasteiger charge is -2.17. The van der Waals surface area contributed by atoms with Gasteiger partial charge in [0.25, 0.3) is 0 Å². The van der Waals surface area contributed by atoms with Crippen LogP contribution < -0.4 is 14.8 Å². The molecule has 1 aliphatic heterocycles. The second-order valence-corrected chi connectivity index (χ2v) is 7.78. The molecule has 0 fully saturated rings. The van der Waals surface area contributed by atoms with Crippen LogP contribution in [-0.4, -0.2) is 26.8 Å². The van der Waals surface area contributed by atoms with Crippen LogP contribution >= 0.6 is 0 Å². The van der Waals surface area contributed by atoms with E-state index in [9.17, 15) is 22.4 Å². The molecule has 2 aromatic rings. The van der Waals surface area contributed by atoms with E-state index in [2.05, 4.69) is 16.6 Å². The lowest BCUT2D eigenvalue weighted by Crippen LogP contribution is -2.25. The van der Waals surface area contributed by atoms with E-state index in [1.807, 2.05) is 0 Å². The molecule has 0 radical (unpaired) electrons. The van der Waals surface area contributed by atoms with Gasteiger partial charge in [-0.2, -0.15) is 0 Å². The number of benzene rings is 2. The van der Waals surface area contributed by atoms with Gasteiger partial charge in [-0.15, -0.1) is 6.58 Å². The Kier molecular flexibility index (Phi) is 5.57. The molecule has 1 heterocycles. The monoisotopic (exact) mass is 404 g/mol. The first kappa shape index (κ1) is 19.7. The maximum atomic E-state index is 14.0. The number of rotatable bonds is 6. The van der Waals surface area contributed by atoms with Gasteiger partial charge in [0.1, 0.15) is 16.5 Å². The van der Waals surface area contributed by atoms with Gasteiger partial charge in [0, 0.05) is 18.7 Å². The number of aryl methyl sites for hydroxylation is 1. The maximum absolute atomic E-state index is 14.0. The summed E-state index contributed by atoms with van der Waals surface area (Å²) >= 11 is 0. The molecule has 0 unspecified atom stereocenters. The van der Waals surface area contributed by atoms with Crippen molar-refractivity contribution >= 4 is 27.6 Å². The van der Waals surface area contributed by atoms with Crippen molar-refractivity contribution in [2.45, 2.75) is 17.7 Å². The van der Waals surface area contributed by atoms with E-state index in [1.54, 1.807) is 12.1 Å².